The first kappa shape index (κ1) is 41.7. The van der Waals surface area contributed by atoms with Gasteiger partial charge in [0.05, 0.1) is 27.4 Å². The van der Waals surface area contributed by atoms with Gasteiger partial charge in [0.1, 0.15) is 4.70 Å². The van der Waals surface area contributed by atoms with E-state index in [1.54, 1.807) is 35.2 Å². The van der Waals surface area contributed by atoms with Gasteiger partial charge in [-0.2, -0.15) is 13.2 Å². The maximum atomic E-state index is 11.7. The van der Waals surface area contributed by atoms with Crippen molar-refractivity contribution in [3.63, 3.8) is 0 Å². The molecule has 7 rings (SSSR count). The first-order valence-corrected chi connectivity index (χ1v) is 22.0. The van der Waals surface area contributed by atoms with Gasteiger partial charge in [-0.25, -0.2) is 0 Å². The minimum absolute atomic E-state index is 0.0251. The third-order valence-electron chi connectivity index (χ3n) is 9.56. The smallest absolute Gasteiger partial charge is 0.276 e. The second-order valence-electron chi connectivity index (χ2n) is 13.3. The van der Waals surface area contributed by atoms with Crippen LogP contribution in [0.5, 0.6) is 0 Å². The van der Waals surface area contributed by atoms with E-state index in [4.69, 9.17) is 0 Å². The van der Waals surface area contributed by atoms with Gasteiger partial charge in [0.2, 0.25) is 5.52 Å². The number of hydrogen-bond acceptors (Lipinski definition) is 14. The molecule has 0 saturated heterocycles. The van der Waals surface area contributed by atoms with Crippen molar-refractivity contribution in [1.82, 2.24) is 0 Å². The molecule has 12 nitrogen and oxygen atoms in total. The highest BCUT2D eigenvalue weighted by atomic mass is 32.2. The highest BCUT2D eigenvalue weighted by molar-refractivity contribution is 8.03. The summed E-state index contributed by atoms with van der Waals surface area (Å²) in [5.41, 5.74) is 8.62. The fourth-order valence-corrected chi connectivity index (χ4v) is 9.87. The van der Waals surface area contributed by atoms with Gasteiger partial charge >= 0.3 is 0 Å². The van der Waals surface area contributed by atoms with Crippen molar-refractivity contribution in [2.24, 2.45) is 0 Å². The number of aryl methyl sites for hydroxylation is 2. The molecule has 1 aliphatic carbocycles. The van der Waals surface area contributed by atoms with Crippen molar-refractivity contribution in [3.05, 3.63) is 158 Å². The van der Waals surface area contributed by atoms with E-state index in [1.165, 1.54) is 22.1 Å². The summed E-state index contributed by atoms with van der Waals surface area (Å²) >= 11 is 5.24. The van der Waals surface area contributed by atoms with Crippen LogP contribution in [0, 0.1) is 17.0 Å². The summed E-state index contributed by atoms with van der Waals surface area (Å²) in [6, 6.07) is 32.2. The van der Waals surface area contributed by atoms with Gasteiger partial charge in [0, 0.05) is 77.0 Å². The predicted octanol–water partition coefficient (Wildman–Crippen LogP) is 9.21. The number of thiazole rings is 1. The van der Waals surface area contributed by atoms with Gasteiger partial charge in [-0.3, -0.25) is 20.2 Å². The molecule has 58 heavy (non-hydrogen) atoms. The fraction of sp³-hybridized carbons (Fsp3) is 0.214. The molecule has 1 aromatic heterocycles. The zero-order valence-electron chi connectivity index (χ0n) is 31.4. The molecule has 0 radical (unpaired) electrons. The average molecular weight is 856 g/mol. The highest BCUT2D eigenvalue weighted by Gasteiger charge is 2.29. The van der Waals surface area contributed by atoms with Crippen molar-refractivity contribution in [3.8, 4) is 0 Å². The molecule has 4 aromatic carbocycles. The Balaban J connectivity index is 1.31. The number of nitro groups is 1. The van der Waals surface area contributed by atoms with E-state index in [0.717, 1.165) is 98.5 Å². The Kier molecular flexibility index (Phi) is 14.7. The van der Waals surface area contributed by atoms with Crippen LogP contribution in [0.3, 0.4) is 0 Å². The van der Waals surface area contributed by atoms with Crippen LogP contribution >= 0.6 is 47.2 Å². The third-order valence-corrected chi connectivity index (χ3v) is 13.0. The first-order valence-electron chi connectivity index (χ1n) is 18.5. The molecule has 0 amide bonds. The molecule has 5 aromatic rings. The van der Waals surface area contributed by atoms with Crippen LogP contribution in [-0.4, -0.2) is 23.0 Å². The van der Waals surface area contributed by atoms with Crippen LogP contribution in [0.4, 0.5) is 22.7 Å². The molecule has 0 saturated carbocycles. The predicted molar refractivity (Wildman–Crippen MR) is 228 cm³/mol. The molecular weight excluding hydrogens is 817 g/mol. The molecule has 1 aliphatic heterocycles. The fourth-order valence-electron chi connectivity index (χ4n) is 7.02. The number of nitro benzene ring substituents is 1. The molecule has 2 aliphatic rings. The summed E-state index contributed by atoms with van der Waals surface area (Å²) in [6.07, 6.45) is 11.8. The number of nitrogens with zero attached hydrogens (tertiary/aromatic N) is 4. The van der Waals surface area contributed by atoms with Gasteiger partial charge in [0.15, 0.2) is 6.54 Å². The molecule has 0 bridgehead atoms. The largest absolute Gasteiger partial charge is 0.691 e. The number of aromatic nitrogens is 1. The Bertz CT molecular complexity index is 2300. The zero-order chi connectivity index (χ0) is 40.3. The van der Waals surface area contributed by atoms with E-state index in [1.807, 2.05) is 36.4 Å². The lowest BCUT2D eigenvalue weighted by molar-refractivity contribution is -0.777. The van der Waals surface area contributed by atoms with Gasteiger partial charge in [-0.05, 0) is 97.5 Å². The summed E-state index contributed by atoms with van der Waals surface area (Å²) in [4.78, 5) is 17.2. The third kappa shape index (κ3) is 10.0. The van der Waals surface area contributed by atoms with Gasteiger partial charge < -0.3 is 20.3 Å². The topological polar surface area (TPSA) is 137 Å². The lowest BCUT2D eigenvalue weighted by Crippen LogP contribution is -2.35. The Hall–Kier alpha value is -4.46. The molecular formula is C42H39N4O8S4-. The summed E-state index contributed by atoms with van der Waals surface area (Å²) < 4.78 is 12.0. The highest BCUT2D eigenvalue weighted by Crippen LogP contribution is 2.47. The van der Waals surface area contributed by atoms with Crippen molar-refractivity contribution in [2.75, 3.05) is 27.9 Å². The molecule has 0 unspecified atom stereocenters. The number of thioether (sulfide) groups is 1. The van der Waals surface area contributed by atoms with Crippen molar-refractivity contribution >= 4 is 86.2 Å². The molecule has 300 valence electrons. The maximum Gasteiger partial charge on any atom is 0.276 e. The van der Waals surface area contributed by atoms with E-state index in [9.17, 15) is 20.6 Å². The molecule has 0 atom stereocenters. The molecule has 16 heteroatoms. The van der Waals surface area contributed by atoms with Crippen LogP contribution in [0.1, 0.15) is 36.3 Å². The number of benzene rings is 4. The Labute approximate surface area is 353 Å². The summed E-state index contributed by atoms with van der Waals surface area (Å²) in [7, 11) is 0. The lowest BCUT2D eigenvalue weighted by Gasteiger charge is -2.28. The maximum absolute atomic E-state index is 11.7. The van der Waals surface area contributed by atoms with Gasteiger partial charge in [-0.15, -0.1) is 0 Å². The number of allylic oxidation sites excluding steroid dienone is 5. The Morgan fingerprint density at radius 1 is 0.862 bits per heavy atom. The molecule has 0 spiro atoms. The summed E-state index contributed by atoms with van der Waals surface area (Å²) in [6.45, 7) is 3.38. The Morgan fingerprint density at radius 3 is 2.26 bits per heavy atom. The minimum Gasteiger partial charge on any atom is -0.691 e. The number of hydrogen-bond donors (Lipinski definition) is 0. The summed E-state index contributed by atoms with van der Waals surface area (Å²) in [5, 5.41) is 41.5. The zero-order valence-corrected chi connectivity index (χ0v) is 34.7. The molecule has 0 fully saturated rings. The van der Waals surface area contributed by atoms with Crippen molar-refractivity contribution in [2.45, 2.75) is 44.0 Å². The Morgan fingerprint density at radius 2 is 1.57 bits per heavy atom. The minimum atomic E-state index is -0.379. The monoisotopic (exact) mass is 855 g/mol. The van der Waals surface area contributed by atoms with E-state index >= 15 is 0 Å². The second kappa shape index (κ2) is 20.5. The van der Waals surface area contributed by atoms with E-state index in [0.29, 0.717) is 24.5 Å². The van der Waals surface area contributed by atoms with E-state index in [2.05, 4.69) is 107 Å². The standard InChI is InChI=1S/C42H40N4O8S4/c1-30-14-20-38-36(28-30)43(24-8-26-55-53-51-49)40(57-38)22-17-31-15-16-32(42(31)45(33-10-4-2-5-11-33)34-12-6-3-7-13-34)18-23-41-44(25-9-27-56-54-52-50)37-29-35(46(47)48)19-21-39(37)58-41/h2-7,10-14,17-23,28-29H,8-9,15-16,24-27H2,1H3,(H-,49,50)/p-1. The SMILES string of the molecule is Cc1ccc2c(c1)N(CCCSOO[O-])/C(=C/C=C1\CCC(/C=C/c3sc4ccc([N+](=O)[O-])cc4[n+]3CCCSOO[O-])=C1N(c1ccccc1)c1ccccc1)S2. The quantitative estimate of drug-likeness (QED) is 0.0195. The van der Waals surface area contributed by atoms with Crippen LogP contribution < -0.4 is 24.9 Å². The second-order valence-corrected chi connectivity index (χ2v) is 16.9. The van der Waals surface area contributed by atoms with Crippen LogP contribution in [0.2, 0.25) is 0 Å². The number of para-hydroxylation sites is 2. The average Bonchev–Trinajstić information content (AvgIpc) is 3.92. The van der Waals surface area contributed by atoms with Gasteiger partial charge in [-0.1, -0.05) is 71.6 Å². The number of anilines is 3. The van der Waals surface area contributed by atoms with Crippen LogP contribution in [-0.2, 0) is 25.3 Å². The molecule has 2 heterocycles. The van der Waals surface area contributed by atoms with Crippen LogP contribution in [0.15, 0.2) is 142 Å². The van der Waals surface area contributed by atoms with E-state index < -0.39 is 0 Å². The van der Waals surface area contributed by atoms with Crippen molar-refractivity contribution < 1.29 is 38.7 Å². The lowest BCUT2D eigenvalue weighted by atomic mass is 10.1. The van der Waals surface area contributed by atoms with Gasteiger partial charge in [0.25, 0.3) is 10.7 Å². The first-order chi connectivity index (χ1) is 28.4. The normalized spacial score (nSPS) is 15.5. The number of rotatable bonds is 19. The number of non-ortho nitro benzene ring substituents is 1. The van der Waals surface area contributed by atoms with Crippen LogP contribution in [0.25, 0.3) is 16.3 Å². The summed E-state index contributed by atoms with van der Waals surface area (Å²) in [5.74, 6) is 1.10. The molecule has 0 N–H and O–H groups in total. The van der Waals surface area contributed by atoms with Crippen molar-refractivity contribution in [1.29, 1.82) is 0 Å². The number of fused-ring (bicyclic) bond motifs is 2. The van der Waals surface area contributed by atoms with E-state index in [-0.39, 0.29) is 10.6 Å².